The summed E-state index contributed by atoms with van der Waals surface area (Å²) in [5.74, 6) is -2.85. The molecule has 5 atom stereocenters. The van der Waals surface area contributed by atoms with E-state index in [0.29, 0.717) is 23.6 Å². The van der Waals surface area contributed by atoms with Crippen LogP contribution < -0.4 is 4.90 Å². The smallest absolute Gasteiger partial charge is 0.312 e. The molecule has 8 nitrogen and oxygen atoms in total. The van der Waals surface area contributed by atoms with Crippen molar-refractivity contribution in [3.63, 3.8) is 0 Å². The van der Waals surface area contributed by atoms with E-state index < -0.39 is 35.0 Å². The summed E-state index contributed by atoms with van der Waals surface area (Å²) in [6.45, 7) is 7.33. The molecule has 0 radical (unpaired) electrons. The molecule has 1 spiro atoms. The number of anilines is 1. The number of benzene rings is 1. The number of rotatable bonds is 8. The molecule has 3 aliphatic heterocycles. The molecule has 9 heteroatoms. The van der Waals surface area contributed by atoms with Crippen LogP contribution in [0.25, 0.3) is 0 Å². The van der Waals surface area contributed by atoms with Crippen molar-refractivity contribution >= 4 is 35.1 Å². The van der Waals surface area contributed by atoms with E-state index in [2.05, 4.69) is 6.58 Å². The van der Waals surface area contributed by atoms with Gasteiger partial charge in [-0.15, -0.1) is 6.58 Å². The minimum absolute atomic E-state index is 0.0361. The number of ether oxygens (including phenoxy) is 2. The van der Waals surface area contributed by atoms with E-state index in [4.69, 9.17) is 21.1 Å². The van der Waals surface area contributed by atoms with Gasteiger partial charge in [0.2, 0.25) is 5.91 Å². The molecule has 1 N–H and O–H groups in total. The summed E-state index contributed by atoms with van der Waals surface area (Å²) >= 11 is 6.03. The molecule has 3 fully saturated rings. The van der Waals surface area contributed by atoms with Crippen LogP contribution in [0.3, 0.4) is 0 Å². The van der Waals surface area contributed by atoms with Gasteiger partial charge in [-0.1, -0.05) is 17.7 Å². The fourth-order valence-electron chi connectivity index (χ4n) is 5.86. The van der Waals surface area contributed by atoms with Crippen molar-refractivity contribution in [1.82, 2.24) is 4.90 Å². The van der Waals surface area contributed by atoms with Crippen LogP contribution in [0.15, 0.2) is 36.9 Å². The monoisotopic (exact) mass is 476 g/mol. The molecule has 4 rings (SSSR count). The van der Waals surface area contributed by atoms with Gasteiger partial charge in [0.05, 0.1) is 24.7 Å². The number of likely N-dealkylation sites (tertiary alicyclic amines) is 1. The quantitative estimate of drug-likeness (QED) is 0.456. The van der Waals surface area contributed by atoms with Gasteiger partial charge in [-0.3, -0.25) is 14.4 Å². The van der Waals surface area contributed by atoms with Crippen LogP contribution in [0.2, 0.25) is 5.02 Å². The van der Waals surface area contributed by atoms with E-state index in [-0.39, 0.29) is 38.1 Å². The molecule has 1 aromatic carbocycles. The van der Waals surface area contributed by atoms with E-state index >= 15 is 0 Å². The SMILES string of the molecule is C=CCN(C(=O)C1N(CCO)C(=O)[C@@H]2[C@H](C(=O)OCC)[C@]3(C)CCC12O3)c1ccc(Cl)cc1. The lowest BCUT2D eigenvalue weighted by molar-refractivity contribution is -0.159. The third-order valence-corrected chi connectivity index (χ3v) is 7.36. The van der Waals surface area contributed by atoms with Gasteiger partial charge >= 0.3 is 5.97 Å². The van der Waals surface area contributed by atoms with Gasteiger partial charge < -0.3 is 24.4 Å². The Hall–Kier alpha value is -2.42. The van der Waals surface area contributed by atoms with Crippen molar-refractivity contribution in [3.05, 3.63) is 41.9 Å². The second-order valence-corrected chi connectivity index (χ2v) is 9.39. The van der Waals surface area contributed by atoms with Crippen LogP contribution in [-0.2, 0) is 23.9 Å². The molecule has 2 unspecified atom stereocenters. The summed E-state index contributed by atoms with van der Waals surface area (Å²) in [7, 11) is 0. The van der Waals surface area contributed by atoms with Crippen LogP contribution in [0.5, 0.6) is 0 Å². The lowest BCUT2D eigenvalue weighted by Gasteiger charge is -2.36. The van der Waals surface area contributed by atoms with Crippen molar-refractivity contribution < 1.29 is 29.0 Å². The summed E-state index contributed by atoms with van der Waals surface area (Å²) < 4.78 is 11.8. The highest BCUT2D eigenvalue weighted by Gasteiger charge is 2.78. The van der Waals surface area contributed by atoms with Gasteiger partial charge in [-0.25, -0.2) is 0 Å². The van der Waals surface area contributed by atoms with Crippen LogP contribution >= 0.6 is 11.6 Å². The van der Waals surface area contributed by atoms with Gasteiger partial charge in [0, 0.05) is 23.8 Å². The number of hydrogen-bond acceptors (Lipinski definition) is 6. The number of nitrogens with zero attached hydrogens (tertiary/aromatic N) is 2. The molecule has 178 valence electrons. The number of β-amino-alcohol motifs (C(OH)–C–C–N with tert-alkyl or cyclic N) is 1. The van der Waals surface area contributed by atoms with E-state index in [9.17, 15) is 19.5 Å². The zero-order valence-electron chi connectivity index (χ0n) is 18.8. The topological polar surface area (TPSA) is 96.4 Å². The maximum absolute atomic E-state index is 14.1. The number of fused-ring (bicyclic) bond motifs is 1. The van der Waals surface area contributed by atoms with E-state index in [1.54, 1.807) is 37.3 Å². The van der Waals surface area contributed by atoms with Gasteiger partial charge in [0.1, 0.15) is 17.6 Å². The molecule has 0 aliphatic carbocycles. The first kappa shape index (κ1) is 23.7. The van der Waals surface area contributed by atoms with Crippen molar-refractivity contribution in [2.24, 2.45) is 11.8 Å². The third-order valence-electron chi connectivity index (χ3n) is 7.11. The van der Waals surface area contributed by atoms with E-state index in [0.717, 1.165) is 0 Å². The highest BCUT2D eigenvalue weighted by atomic mass is 35.5. The molecule has 3 aliphatic rings. The molecular formula is C24H29ClN2O6. The predicted molar refractivity (Wildman–Crippen MR) is 122 cm³/mol. The van der Waals surface area contributed by atoms with Gasteiger partial charge in [0.25, 0.3) is 5.91 Å². The first-order valence-electron chi connectivity index (χ1n) is 11.2. The highest BCUT2D eigenvalue weighted by molar-refractivity contribution is 6.30. The van der Waals surface area contributed by atoms with Crippen molar-refractivity contribution in [2.45, 2.75) is 43.9 Å². The zero-order valence-corrected chi connectivity index (χ0v) is 19.6. The molecular weight excluding hydrogens is 448 g/mol. The minimum Gasteiger partial charge on any atom is -0.466 e. The fraction of sp³-hybridized carbons (Fsp3) is 0.542. The third kappa shape index (κ3) is 3.55. The average molecular weight is 477 g/mol. The van der Waals surface area contributed by atoms with Crippen LogP contribution in [0.1, 0.15) is 26.7 Å². The summed E-state index contributed by atoms with van der Waals surface area (Å²) in [6, 6.07) is 5.83. The Morgan fingerprint density at radius 3 is 2.67 bits per heavy atom. The molecule has 0 saturated carbocycles. The summed E-state index contributed by atoms with van der Waals surface area (Å²) in [5.41, 5.74) is -1.46. The lowest BCUT2D eigenvalue weighted by atomic mass is 9.66. The Bertz CT molecular complexity index is 968. The standard InChI is InChI=1S/C24H29ClN2O6/c1-4-12-26(16-8-6-15(25)7-9-16)21(30)19-24-11-10-23(3,33-24)18(22(31)32-5-2)17(24)20(29)27(19)13-14-28/h4,6-9,17-19,28H,1,5,10-14H2,2-3H3/t17-,18+,19?,23-,24?/m0/s1. The van der Waals surface area contributed by atoms with Crippen LogP contribution in [0.4, 0.5) is 5.69 Å². The lowest BCUT2D eigenvalue weighted by Crippen LogP contribution is -2.56. The molecule has 0 aromatic heterocycles. The van der Waals surface area contributed by atoms with Gasteiger partial charge in [0.15, 0.2) is 0 Å². The largest absolute Gasteiger partial charge is 0.466 e. The predicted octanol–water partition coefficient (Wildman–Crippen LogP) is 2.18. The number of aliphatic hydroxyl groups is 1. The summed E-state index contributed by atoms with van der Waals surface area (Å²) in [5, 5.41) is 10.2. The average Bonchev–Trinajstić information content (AvgIpc) is 3.34. The van der Waals surface area contributed by atoms with E-state index in [1.807, 2.05) is 6.92 Å². The van der Waals surface area contributed by atoms with Crippen molar-refractivity contribution in [3.8, 4) is 0 Å². The number of hydrogen-bond donors (Lipinski definition) is 1. The number of halogens is 1. The number of carbonyl (C=O) groups is 3. The number of esters is 1. The number of amides is 2. The zero-order chi connectivity index (χ0) is 24.0. The van der Waals surface area contributed by atoms with E-state index in [1.165, 1.54) is 9.80 Å². The molecule has 3 heterocycles. The first-order valence-corrected chi connectivity index (χ1v) is 11.6. The molecule has 2 amide bonds. The van der Waals surface area contributed by atoms with Gasteiger partial charge in [-0.05, 0) is 51.0 Å². The fourth-order valence-corrected chi connectivity index (χ4v) is 5.99. The maximum atomic E-state index is 14.1. The Morgan fingerprint density at radius 1 is 1.36 bits per heavy atom. The van der Waals surface area contributed by atoms with Gasteiger partial charge in [-0.2, -0.15) is 0 Å². The van der Waals surface area contributed by atoms with Crippen molar-refractivity contribution in [1.29, 1.82) is 0 Å². The Morgan fingerprint density at radius 2 is 2.06 bits per heavy atom. The summed E-state index contributed by atoms with van der Waals surface area (Å²) in [6.07, 6.45) is 2.58. The number of aliphatic hydroxyl groups excluding tert-OH is 1. The molecule has 33 heavy (non-hydrogen) atoms. The Kier molecular flexibility index (Phi) is 6.28. The van der Waals surface area contributed by atoms with Crippen LogP contribution in [0, 0.1) is 11.8 Å². The molecule has 3 saturated heterocycles. The minimum atomic E-state index is -1.17. The Labute approximate surface area is 198 Å². The normalized spacial score (nSPS) is 32.1. The first-order chi connectivity index (χ1) is 15.7. The second-order valence-electron chi connectivity index (χ2n) is 8.95. The van der Waals surface area contributed by atoms with Crippen LogP contribution in [-0.4, -0.2) is 71.3 Å². The second kappa shape index (κ2) is 8.74. The molecule has 1 aromatic rings. The Balaban J connectivity index is 1.78. The number of carbonyl (C=O) groups excluding carboxylic acids is 3. The molecule has 2 bridgehead atoms. The summed E-state index contributed by atoms with van der Waals surface area (Å²) in [4.78, 5) is 43.5. The van der Waals surface area contributed by atoms with Crippen molar-refractivity contribution in [2.75, 3.05) is 31.2 Å². The maximum Gasteiger partial charge on any atom is 0.312 e. The highest BCUT2D eigenvalue weighted by Crippen LogP contribution is 2.63.